The summed E-state index contributed by atoms with van der Waals surface area (Å²) >= 11 is 0. The number of carbonyl (C=O) groups is 1. The highest BCUT2D eigenvalue weighted by atomic mass is 16.2. The molecule has 1 amide bonds. The molecule has 2 rings (SSSR count). The third kappa shape index (κ3) is 1.57. The predicted molar refractivity (Wildman–Crippen MR) is 51.3 cm³/mol. The number of rotatable bonds is 1. The molecule has 0 aromatic rings. The second kappa shape index (κ2) is 3.29. The summed E-state index contributed by atoms with van der Waals surface area (Å²) in [6.07, 6.45) is 2.21. The van der Waals surface area contributed by atoms with Crippen molar-refractivity contribution in [3.8, 4) is 0 Å². The van der Waals surface area contributed by atoms with Gasteiger partial charge in [0.25, 0.3) is 0 Å². The van der Waals surface area contributed by atoms with Gasteiger partial charge < -0.3 is 10.2 Å². The standard InChI is InChI=1S/C10H18N2O/c1-12(2)10(13)7-3-8-5-11-6-9(8)4-7/h7-9,11H,3-6H2,1-2H3/t7?,8-,9+. The Morgan fingerprint density at radius 3 is 2.23 bits per heavy atom. The van der Waals surface area contributed by atoms with E-state index in [0.29, 0.717) is 11.8 Å². The Balaban J connectivity index is 1.95. The van der Waals surface area contributed by atoms with Crippen LogP contribution in [0.1, 0.15) is 12.8 Å². The van der Waals surface area contributed by atoms with Crippen molar-refractivity contribution in [1.29, 1.82) is 0 Å². The number of nitrogens with one attached hydrogen (secondary N) is 1. The Hall–Kier alpha value is -0.570. The molecule has 0 aromatic heterocycles. The minimum absolute atomic E-state index is 0.312. The zero-order valence-electron chi connectivity index (χ0n) is 8.42. The molecular formula is C10H18N2O. The Morgan fingerprint density at radius 2 is 1.77 bits per heavy atom. The van der Waals surface area contributed by atoms with Crippen LogP contribution in [0.2, 0.25) is 0 Å². The molecular weight excluding hydrogens is 164 g/mol. The van der Waals surface area contributed by atoms with Crippen LogP contribution in [0.3, 0.4) is 0 Å². The molecule has 3 atom stereocenters. The van der Waals surface area contributed by atoms with Gasteiger partial charge in [-0.15, -0.1) is 0 Å². The van der Waals surface area contributed by atoms with Crippen LogP contribution < -0.4 is 5.32 Å². The minimum atomic E-state index is 0.312. The first-order valence-electron chi connectivity index (χ1n) is 5.10. The lowest BCUT2D eigenvalue weighted by atomic mass is 10.0. The zero-order chi connectivity index (χ0) is 9.42. The number of fused-ring (bicyclic) bond motifs is 1. The van der Waals surface area contributed by atoms with Gasteiger partial charge in [-0.3, -0.25) is 4.79 Å². The second-order valence-electron chi connectivity index (χ2n) is 4.58. The summed E-state index contributed by atoms with van der Waals surface area (Å²) in [6, 6.07) is 0. The summed E-state index contributed by atoms with van der Waals surface area (Å²) in [5.74, 6) is 2.18. The molecule has 0 spiro atoms. The summed E-state index contributed by atoms with van der Waals surface area (Å²) in [5, 5.41) is 3.39. The van der Waals surface area contributed by atoms with E-state index in [9.17, 15) is 4.79 Å². The van der Waals surface area contributed by atoms with E-state index in [4.69, 9.17) is 0 Å². The lowest BCUT2D eigenvalue weighted by molar-refractivity contribution is -0.132. The number of hydrogen-bond donors (Lipinski definition) is 1. The summed E-state index contributed by atoms with van der Waals surface area (Å²) in [5.41, 5.74) is 0. The van der Waals surface area contributed by atoms with Crippen LogP contribution in [0.4, 0.5) is 0 Å². The first kappa shape index (κ1) is 9.00. The lowest BCUT2D eigenvalue weighted by Gasteiger charge is -2.16. The van der Waals surface area contributed by atoms with Crippen LogP contribution in [-0.2, 0) is 4.79 Å². The fourth-order valence-corrected chi connectivity index (χ4v) is 2.73. The molecule has 1 saturated heterocycles. The molecule has 2 fully saturated rings. The third-order valence-corrected chi connectivity index (χ3v) is 3.44. The van der Waals surface area contributed by atoms with Crippen molar-refractivity contribution >= 4 is 5.91 Å². The first-order chi connectivity index (χ1) is 6.18. The Morgan fingerprint density at radius 1 is 1.23 bits per heavy atom. The highest BCUT2D eigenvalue weighted by Gasteiger charge is 2.40. The average Bonchev–Trinajstić information content (AvgIpc) is 2.59. The molecule has 0 aromatic carbocycles. The molecule has 1 saturated carbocycles. The van der Waals surface area contributed by atoms with Crippen LogP contribution in [0.25, 0.3) is 0 Å². The van der Waals surface area contributed by atoms with Crippen molar-refractivity contribution in [1.82, 2.24) is 10.2 Å². The van der Waals surface area contributed by atoms with E-state index >= 15 is 0 Å². The second-order valence-corrected chi connectivity index (χ2v) is 4.58. The van der Waals surface area contributed by atoms with Gasteiger partial charge in [0, 0.05) is 20.0 Å². The maximum atomic E-state index is 11.7. The van der Waals surface area contributed by atoms with Crippen molar-refractivity contribution in [3.63, 3.8) is 0 Å². The molecule has 1 aliphatic heterocycles. The topological polar surface area (TPSA) is 32.3 Å². The van der Waals surface area contributed by atoms with Gasteiger partial charge in [-0.2, -0.15) is 0 Å². The largest absolute Gasteiger partial charge is 0.349 e. The van der Waals surface area contributed by atoms with Crippen LogP contribution in [-0.4, -0.2) is 38.0 Å². The Bertz CT molecular complexity index is 203. The molecule has 1 heterocycles. The van der Waals surface area contributed by atoms with E-state index in [1.165, 1.54) is 0 Å². The summed E-state index contributed by atoms with van der Waals surface area (Å²) in [6.45, 7) is 2.25. The van der Waals surface area contributed by atoms with Gasteiger partial charge in [-0.1, -0.05) is 0 Å². The molecule has 13 heavy (non-hydrogen) atoms. The number of carbonyl (C=O) groups excluding carboxylic acids is 1. The van der Waals surface area contributed by atoms with Gasteiger partial charge >= 0.3 is 0 Å². The molecule has 1 aliphatic carbocycles. The van der Waals surface area contributed by atoms with Gasteiger partial charge in [0.05, 0.1) is 0 Å². The van der Waals surface area contributed by atoms with Gasteiger partial charge in [0.1, 0.15) is 0 Å². The van der Waals surface area contributed by atoms with E-state index in [2.05, 4.69) is 5.32 Å². The predicted octanol–water partition coefficient (Wildman–Crippen LogP) is 0.320. The minimum Gasteiger partial charge on any atom is -0.349 e. The number of hydrogen-bond acceptors (Lipinski definition) is 2. The summed E-state index contributed by atoms with van der Waals surface area (Å²) < 4.78 is 0. The smallest absolute Gasteiger partial charge is 0.225 e. The molecule has 1 N–H and O–H groups in total. The maximum Gasteiger partial charge on any atom is 0.225 e. The average molecular weight is 182 g/mol. The molecule has 0 bridgehead atoms. The number of amides is 1. The van der Waals surface area contributed by atoms with Crippen molar-refractivity contribution < 1.29 is 4.79 Å². The lowest BCUT2D eigenvalue weighted by Crippen LogP contribution is -2.29. The fourth-order valence-electron chi connectivity index (χ4n) is 2.73. The van der Waals surface area contributed by atoms with Crippen molar-refractivity contribution in [2.24, 2.45) is 17.8 Å². The van der Waals surface area contributed by atoms with Crippen LogP contribution >= 0.6 is 0 Å². The zero-order valence-corrected chi connectivity index (χ0v) is 8.42. The molecule has 3 nitrogen and oxygen atoms in total. The Kier molecular flexibility index (Phi) is 2.28. The van der Waals surface area contributed by atoms with Gasteiger partial charge in [-0.25, -0.2) is 0 Å². The third-order valence-electron chi connectivity index (χ3n) is 3.44. The van der Waals surface area contributed by atoms with E-state index in [0.717, 1.165) is 37.8 Å². The van der Waals surface area contributed by atoms with Crippen molar-refractivity contribution in [3.05, 3.63) is 0 Å². The Labute approximate surface area is 79.5 Å². The first-order valence-corrected chi connectivity index (χ1v) is 5.10. The van der Waals surface area contributed by atoms with Crippen molar-refractivity contribution in [2.75, 3.05) is 27.2 Å². The van der Waals surface area contributed by atoms with Gasteiger partial charge in [0.15, 0.2) is 0 Å². The number of nitrogens with zero attached hydrogens (tertiary/aromatic N) is 1. The SMILES string of the molecule is CN(C)C(=O)C1C[C@H]2CNC[C@H]2C1. The normalized spacial score (nSPS) is 37.5. The van der Waals surface area contributed by atoms with Crippen LogP contribution in [0, 0.1) is 17.8 Å². The van der Waals surface area contributed by atoms with Crippen molar-refractivity contribution in [2.45, 2.75) is 12.8 Å². The molecule has 74 valence electrons. The van der Waals surface area contributed by atoms with Crippen LogP contribution in [0.15, 0.2) is 0 Å². The molecule has 1 unspecified atom stereocenters. The highest BCUT2D eigenvalue weighted by molar-refractivity contribution is 5.78. The van der Waals surface area contributed by atoms with E-state index in [-0.39, 0.29) is 0 Å². The molecule has 3 heteroatoms. The van der Waals surface area contributed by atoms with E-state index < -0.39 is 0 Å². The highest BCUT2D eigenvalue weighted by Crippen LogP contribution is 2.38. The summed E-state index contributed by atoms with van der Waals surface area (Å²) in [7, 11) is 3.71. The summed E-state index contributed by atoms with van der Waals surface area (Å²) in [4.78, 5) is 13.4. The monoisotopic (exact) mass is 182 g/mol. The quantitative estimate of drug-likeness (QED) is 0.633. The van der Waals surface area contributed by atoms with Gasteiger partial charge in [-0.05, 0) is 37.8 Å². The molecule has 0 radical (unpaired) electrons. The van der Waals surface area contributed by atoms with E-state index in [1.54, 1.807) is 4.90 Å². The maximum absolute atomic E-state index is 11.7. The fraction of sp³-hybridized carbons (Fsp3) is 0.900. The van der Waals surface area contributed by atoms with Crippen LogP contribution in [0.5, 0.6) is 0 Å². The van der Waals surface area contributed by atoms with Gasteiger partial charge in [0.2, 0.25) is 5.91 Å². The van der Waals surface area contributed by atoms with E-state index in [1.807, 2.05) is 14.1 Å². The molecule has 2 aliphatic rings.